The van der Waals surface area contributed by atoms with Crippen molar-refractivity contribution in [3.63, 3.8) is 0 Å². The molecule has 2 N–H and O–H groups in total. The third kappa shape index (κ3) is 2.82. The van der Waals surface area contributed by atoms with Gasteiger partial charge in [0.15, 0.2) is 0 Å². The molecule has 0 aliphatic heterocycles. The van der Waals surface area contributed by atoms with Crippen LogP contribution in [0.25, 0.3) is 6.08 Å². The number of hydrogen-bond donors (Lipinski definition) is 1. The number of carbonyl (C=O) groups is 1. The summed E-state index contributed by atoms with van der Waals surface area (Å²) in [4.78, 5) is 10.7. The van der Waals surface area contributed by atoms with E-state index in [4.69, 9.17) is 23.2 Å². The summed E-state index contributed by atoms with van der Waals surface area (Å²) >= 11 is 11.6. The van der Waals surface area contributed by atoms with Gasteiger partial charge < -0.3 is 10.7 Å². The monoisotopic (exact) mass is 231 g/mol. The SMILES string of the molecule is O=C(C=Cc1cccc(Cl)c1Cl)[NH2+][O-]. The largest absolute Gasteiger partial charge is 0.628 e. The fourth-order valence-corrected chi connectivity index (χ4v) is 1.23. The van der Waals surface area contributed by atoms with Crippen molar-refractivity contribution in [2.24, 2.45) is 0 Å². The number of carbonyl (C=O) groups excluding carboxylic acids is 1. The van der Waals surface area contributed by atoms with Gasteiger partial charge in [-0.1, -0.05) is 35.3 Å². The first-order valence-electron chi connectivity index (χ1n) is 3.76. The summed E-state index contributed by atoms with van der Waals surface area (Å²) in [6.07, 6.45) is 2.59. The fourth-order valence-electron chi connectivity index (χ4n) is 0.860. The summed E-state index contributed by atoms with van der Waals surface area (Å²) in [5, 5.41) is 10.8. The van der Waals surface area contributed by atoms with Crippen molar-refractivity contribution in [1.82, 2.24) is 0 Å². The third-order valence-electron chi connectivity index (χ3n) is 1.52. The van der Waals surface area contributed by atoms with Gasteiger partial charge in [0.1, 0.15) is 0 Å². The van der Waals surface area contributed by atoms with Crippen molar-refractivity contribution in [2.45, 2.75) is 0 Å². The summed E-state index contributed by atoms with van der Waals surface area (Å²) in [6.45, 7) is 0. The molecule has 1 rings (SSSR count). The molecule has 1 aromatic carbocycles. The topological polar surface area (TPSA) is 56.7 Å². The highest BCUT2D eigenvalue weighted by Crippen LogP contribution is 2.26. The zero-order valence-electron chi connectivity index (χ0n) is 7.04. The predicted molar refractivity (Wildman–Crippen MR) is 55.8 cm³/mol. The number of amides is 1. The van der Waals surface area contributed by atoms with E-state index in [0.29, 0.717) is 15.6 Å². The maximum atomic E-state index is 10.7. The van der Waals surface area contributed by atoms with Crippen molar-refractivity contribution in [1.29, 1.82) is 0 Å². The molecule has 0 aliphatic carbocycles. The lowest BCUT2D eigenvalue weighted by Gasteiger charge is -1.99. The molecule has 5 heteroatoms. The molecule has 0 aliphatic rings. The Morgan fingerprint density at radius 1 is 1.43 bits per heavy atom. The lowest BCUT2D eigenvalue weighted by Crippen LogP contribution is -2.81. The zero-order chi connectivity index (χ0) is 10.6. The molecule has 14 heavy (non-hydrogen) atoms. The van der Waals surface area contributed by atoms with Crippen LogP contribution in [0.2, 0.25) is 10.0 Å². The summed E-state index contributed by atoms with van der Waals surface area (Å²) < 4.78 is 0. The van der Waals surface area contributed by atoms with Crippen molar-refractivity contribution in [2.75, 3.05) is 0 Å². The Hall–Kier alpha value is -0.870. The summed E-state index contributed by atoms with van der Waals surface area (Å²) in [5.74, 6) is -0.610. The number of hydrogen-bond acceptors (Lipinski definition) is 2. The molecule has 1 amide bonds. The standard InChI is InChI=1S/C9H7Cl2NO2/c10-7-3-1-2-6(9(7)11)4-5-8(13)12-14/h1-5H,12H2. The average molecular weight is 232 g/mol. The Balaban J connectivity index is 2.92. The first kappa shape index (κ1) is 11.2. The quantitative estimate of drug-likeness (QED) is 0.621. The van der Waals surface area contributed by atoms with Crippen LogP contribution in [0.3, 0.4) is 0 Å². The number of halogens is 2. The highest BCUT2D eigenvalue weighted by molar-refractivity contribution is 6.42. The van der Waals surface area contributed by atoms with Crippen molar-refractivity contribution < 1.29 is 10.3 Å². The number of hydroxylamine groups is 1. The van der Waals surface area contributed by atoms with Gasteiger partial charge in [0.25, 0.3) is 0 Å². The molecule has 1 aromatic rings. The van der Waals surface area contributed by atoms with E-state index in [9.17, 15) is 10.0 Å². The van der Waals surface area contributed by atoms with Gasteiger partial charge in [-0.05, 0) is 17.7 Å². The molecule has 0 aromatic heterocycles. The molecule has 0 saturated carbocycles. The van der Waals surface area contributed by atoms with E-state index in [1.807, 2.05) is 0 Å². The second-order valence-corrected chi connectivity index (χ2v) is 3.28. The number of primary amides is 1. The number of quaternary nitrogens is 1. The van der Waals surface area contributed by atoms with Gasteiger partial charge in [0.2, 0.25) is 0 Å². The van der Waals surface area contributed by atoms with E-state index >= 15 is 0 Å². The van der Waals surface area contributed by atoms with E-state index in [2.05, 4.69) is 0 Å². The Labute approximate surface area is 90.9 Å². The van der Waals surface area contributed by atoms with Gasteiger partial charge >= 0.3 is 5.91 Å². The van der Waals surface area contributed by atoms with Gasteiger partial charge in [-0.25, -0.2) is 4.79 Å². The smallest absolute Gasteiger partial charge is 0.335 e. The van der Waals surface area contributed by atoms with Crippen LogP contribution in [0, 0.1) is 5.21 Å². The number of rotatable bonds is 2. The van der Waals surface area contributed by atoms with Crippen LogP contribution in [0.1, 0.15) is 5.56 Å². The molecule has 0 radical (unpaired) electrons. The van der Waals surface area contributed by atoms with E-state index < -0.39 is 5.91 Å². The minimum atomic E-state index is -0.610. The molecule has 0 saturated heterocycles. The van der Waals surface area contributed by atoms with Crippen LogP contribution in [0.5, 0.6) is 0 Å². The lowest BCUT2D eigenvalue weighted by atomic mass is 10.2. The van der Waals surface area contributed by atoms with Crippen molar-refractivity contribution in [3.8, 4) is 0 Å². The van der Waals surface area contributed by atoms with Gasteiger partial charge in [0.05, 0.1) is 10.0 Å². The predicted octanol–water partition coefficient (Wildman–Crippen LogP) is 1.59. The minimum Gasteiger partial charge on any atom is -0.628 e. The highest BCUT2D eigenvalue weighted by atomic mass is 35.5. The van der Waals surface area contributed by atoms with Crippen LogP contribution in [0.15, 0.2) is 24.3 Å². The molecule has 0 unspecified atom stereocenters. The Kier molecular flexibility index (Phi) is 4.10. The molecule has 0 bridgehead atoms. The van der Waals surface area contributed by atoms with Crippen LogP contribution in [-0.2, 0) is 4.79 Å². The van der Waals surface area contributed by atoms with Crippen LogP contribution in [-0.4, -0.2) is 5.91 Å². The molecular formula is C9H7Cl2NO2. The highest BCUT2D eigenvalue weighted by Gasteiger charge is 2.01. The van der Waals surface area contributed by atoms with Gasteiger partial charge in [-0.15, -0.1) is 0 Å². The second kappa shape index (κ2) is 5.12. The average Bonchev–Trinajstić information content (AvgIpc) is 2.20. The zero-order valence-corrected chi connectivity index (χ0v) is 8.55. The lowest BCUT2D eigenvalue weighted by molar-refractivity contribution is -0.494. The van der Waals surface area contributed by atoms with E-state index in [1.165, 1.54) is 6.08 Å². The Morgan fingerprint density at radius 2 is 2.14 bits per heavy atom. The van der Waals surface area contributed by atoms with Crippen LogP contribution in [0.4, 0.5) is 0 Å². The molecule has 0 heterocycles. The molecule has 74 valence electrons. The van der Waals surface area contributed by atoms with Gasteiger partial charge in [-0.2, -0.15) is 0 Å². The van der Waals surface area contributed by atoms with Crippen molar-refractivity contribution in [3.05, 3.63) is 45.1 Å². The summed E-state index contributed by atoms with van der Waals surface area (Å²) in [6, 6.07) is 5.05. The fraction of sp³-hybridized carbons (Fsp3) is 0. The van der Waals surface area contributed by atoms with Crippen LogP contribution >= 0.6 is 23.2 Å². The molecule has 0 fully saturated rings. The summed E-state index contributed by atoms with van der Waals surface area (Å²) in [5.41, 5.74) is 0.837. The maximum Gasteiger partial charge on any atom is 0.335 e. The molecule has 0 atom stereocenters. The number of benzene rings is 1. The Morgan fingerprint density at radius 3 is 2.79 bits per heavy atom. The maximum absolute atomic E-state index is 10.7. The third-order valence-corrected chi connectivity index (χ3v) is 2.36. The first-order valence-corrected chi connectivity index (χ1v) is 4.52. The molecule has 3 nitrogen and oxygen atoms in total. The summed E-state index contributed by atoms with van der Waals surface area (Å²) in [7, 11) is 0. The molecular weight excluding hydrogens is 225 g/mol. The van der Waals surface area contributed by atoms with Gasteiger partial charge in [0, 0.05) is 6.08 Å². The number of nitrogens with two attached hydrogens (primary N) is 1. The van der Waals surface area contributed by atoms with Crippen molar-refractivity contribution >= 4 is 35.2 Å². The normalized spacial score (nSPS) is 10.8. The van der Waals surface area contributed by atoms with Crippen LogP contribution < -0.4 is 5.48 Å². The first-order chi connectivity index (χ1) is 6.65. The minimum absolute atomic E-state index is 0.231. The van der Waals surface area contributed by atoms with E-state index in [1.54, 1.807) is 18.2 Å². The Bertz CT molecular complexity index is 377. The van der Waals surface area contributed by atoms with E-state index in [-0.39, 0.29) is 5.48 Å². The molecule has 0 spiro atoms. The van der Waals surface area contributed by atoms with Gasteiger partial charge in [-0.3, -0.25) is 0 Å². The second-order valence-electron chi connectivity index (χ2n) is 2.50. The van der Waals surface area contributed by atoms with E-state index in [0.717, 1.165) is 6.08 Å².